The van der Waals surface area contributed by atoms with Crippen molar-refractivity contribution < 1.29 is 19.1 Å². The highest BCUT2D eigenvalue weighted by Gasteiger charge is 2.27. The van der Waals surface area contributed by atoms with Crippen LogP contribution in [0.1, 0.15) is 26.3 Å². The molecule has 0 saturated heterocycles. The molecule has 0 amide bonds. The molecule has 0 spiro atoms. The van der Waals surface area contributed by atoms with E-state index in [1.165, 1.54) is 13.2 Å². The largest absolute Gasteiger partial charge is 0.497 e. The molecule has 2 aromatic rings. The highest BCUT2D eigenvalue weighted by Crippen LogP contribution is 2.34. The van der Waals surface area contributed by atoms with Gasteiger partial charge in [0.05, 0.1) is 14.2 Å². The molecule has 0 saturated carbocycles. The van der Waals surface area contributed by atoms with Gasteiger partial charge in [0, 0.05) is 28.3 Å². The topological polar surface area (TPSA) is 52.6 Å². The van der Waals surface area contributed by atoms with E-state index in [-0.39, 0.29) is 11.6 Å². The number of benzene rings is 2. The molecule has 0 fully saturated rings. The molecule has 4 heteroatoms. The standard InChI is InChI=1S/C18H14O4/c1-21-11-7-8-13(17(9-11)22-2)15-10-16(19)12-5-3-4-6-14(12)18(15)20/h3-10H,1-2H3. The van der Waals surface area contributed by atoms with Crippen molar-refractivity contribution in [3.63, 3.8) is 0 Å². The summed E-state index contributed by atoms with van der Waals surface area (Å²) in [6.45, 7) is 0. The molecule has 1 aliphatic carbocycles. The van der Waals surface area contributed by atoms with Crippen molar-refractivity contribution >= 4 is 17.1 Å². The van der Waals surface area contributed by atoms with Crippen molar-refractivity contribution in [1.29, 1.82) is 0 Å². The lowest BCUT2D eigenvalue weighted by Crippen LogP contribution is -2.16. The normalized spacial score (nSPS) is 13.5. The fourth-order valence-corrected chi connectivity index (χ4v) is 2.54. The number of fused-ring (bicyclic) bond motifs is 1. The zero-order chi connectivity index (χ0) is 15.7. The number of ether oxygens (including phenoxy) is 2. The summed E-state index contributed by atoms with van der Waals surface area (Å²) in [6, 6.07) is 12.0. The number of Topliss-reactive ketones (excluding diaryl/α,β-unsaturated/α-hetero) is 1. The Morgan fingerprint density at radius 2 is 1.55 bits per heavy atom. The second kappa shape index (κ2) is 5.48. The molecule has 0 atom stereocenters. The monoisotopic (exact) mass is 294 g/mol. The molecule has 0 N–H and O–H groups in total. The van der Waals surface area contributed by atoms with Crippen LogP contribution in [0.5, 0.6) is 11.5 Å². The van der Waals surface area contributed by atoms with E-state index < -0.39 is 0 Å². The van der Waals surface area contributed by atoms with Crippen LogP contribution in [0.25, 0.3) is 5.57 Å². The Hall–Kier alpha value is -2.88. The van der Waals surface area contributed by atoms with Gasteiger partial charge in [-0.05, 0) is 18.2 Å². The zero-order valence-corrected chi connectivity index (χ0v) is 12.3. The fourth-order valence-electron chi connectivity index (χ4n) is 2.54. The molecule has 3 rings (SSSR count). The van der Waals surface area contributed by atoms with Gasteiger partial charge in [0.25, 0.3) is 0 Å². The summed E-state index contributed by atoms with van der Waals surface area (Å²) in [7, 11) is 3.07. The molecule has 0 unspecified atom stereocenters. The SMILES string of the molecule is COc1ccc(C2=CC(=O)c3ccccc3C2=O)c(OC)c1. The molecule has 2 aromatic carbocycles. The van der Waals surface area contributed by atoms with Crippen LogP contribution in [0.3, 0.4) is 0 Å². The Bertz CT molecular complexity index is 802. The summed E-state index contributed by atoms with van der Waals surface area (Å²) < 4.78 is 10.5. The van der Waals surface area contributed by atoms with E-state index in [4.69, 9.17) is 9.47 Å². The highest BCUT2D eigenvalue weighted by molar-refractivity contribution is 6.39. The van der Waals surface area contributed by atoms with Gasteiger partial charge in [0.2, 0.25) is 0 Å². The second-order valence-electron chi connectivity index (χ2n) is 4.86. The predicted octanol–water partition coefficient (Wildman–Crippen LogP) is 3.17. The third-order valence-electron chi connectivity index (χ3n) is 3.66. The van der Waals surface area contributed by atoms with Gasteiger partial charge in [-0.3, -0.25) is 9.59 Å². The van der Waals surface area contributed by atoms with E-state index in [1.54, 1.807) is 49.6 Å². The van der Waals surface area contributed by atoms with Crippen LogP contribution in [-0.4, -0.2) is 25.8 Å². The molecular weight excluding hydrogens is 280 g/mol. The Morgan fingerprint density at radius 3 is 2.23 bits per heavy atom. The first-order valence-electron chi connectivity index (χ1n) is 6.78. The Morgan fingerprint density at radius 1 is 0.818 bits per heavy atom. The third-order valence-corrected chi connectivity index (χ3v) is 3.66. The van der Waals surface area contributed by atoms with E-state index in [9.17, 15) is 9.59 Å². The summed E-state index contributed by atoms with van der Waals surface area (Å²) in [5.74, 6) is 0.754. The van der Waals surface area contributed by atoms with Crippen LogP contribution in [0.4, 0.5) is 0 Å². The minimum Gasteiger partial charge on any atom is -0.497 e. The lowest BCUT2D eigenvalue weighted by Gasteiger charge is -2.17. The van der Waals surface area contributed by atoms with E-state index in [2.05, 4.69) is 0 Å². The lowest BCUT2D eigenvalue weighted by molar-refractivity contribution is 0.100. The minimum absolute atomic E-state index is 0.178. The first kappa shape index (κ1) is 14.1. The summed E-state index contributed by atoms with van der Waals surface area (Å²) in [5.41, 5.74) is 1.77. The number of hydrogen-bond donors (Lipinski definition) is 0. The van der Waals surface area contributed by atoms with Crippen molar-refractivity contribution in [2.24, 2.45) is 0 Å². The number of rotatable bonds is 3. The van der Waals surface area contributed by atoms with Gasteiger partial charge in [-0.25, -0.2) is 0 Å². The van der Waals surface area contributed by atoms with Crippen LogP contribution in [0, 0.1) is 0 Å². The molecular formula is C18H14O4. The first-order valence-corrected chi connectivity index (χ1v) is 6.78. The van der Waals surface area contributed by atoms with Crippen LogP contribution in [0.2, 0.25) is 0 Å². The van der Waals surface area contributed by atoms with Gasteiger partial charge >= 0.3 is 0 Å². The van der Waals surface area contributed by atoms with Gasteiger partial charge in [-0.1, -0.05) is 24.3 Å². The molecule has 22 heavy (non-hydrogen) atoms. The highest BCUT2D eigenvalue weighted by atomic mass is 16.5. The van der Waals surface area contributed by atoms with Gasteiger partial charge < -0.3 is 9.47 Å². The molecule has 110 valence electrons. The third kappa shape index (κ3) is 2.19. The molecule has 1 aliphatic rings. The fraction of sp³-hybridized carbons (Fsp3) is 0.111. The maximum Gasteiger partial charge on any atom is 0.194 e. The lowest BCUT2D eigenvalue weighted by atomic mass is 9.86. The van der Waals surface area contributed by atoms with Gasteiger partial charge in [-0.15, -0.1) is 0 Å². The van der Waals surface area contributed by atoms with Crippen LogP contribution in [0.15, 0.2) is 48.5 Å². The summed E-state index contributed by atoms with van der Waals surface area (Å²) >= 11 is 0. The first-order chi connectivity index (χ1) is 10.7. The number of carbonyl (C=O) groups excluding carboxylic acids is 2. The smallest absolute Gasteiger partial charge is 0.194 e. The number of carbonyl (C=O) groups is 2. The van der Waals surface area contributed by atoms with Gasteiger partial charge in [0.1, 0.15) is 11.5 Å². The average Bonchev–Trinajstić information content (AvgIpc) is 2.57. The van der Waals surface area contributed by atoms with E-state index in [0.717, 1.165) is 0 Å². The van der Waals surface area contributed by atoms with Crippen molar-refractivity contribution in [1.82, 2.24) is 0 Å². The second-order valence-corrected chi connectivity index (χ2v) is 4.86. The zero-order valence-electron chi connectivity index (χ0n) is 12.3. The number of ketones is 2. The van der Waals surface area contributed by atoms with Crippen LogP contribution >= 0.6 is 0 Å². The van der Waals surface area contributed by atoms with Crippen LogP contribution < -0.4 is 9.47 Å². The molecule has 0 aliphatic heterocycles. The Labute approximate surface area is 128 Å². The average molecular weight is 294 g/mol. The van der Waals surface area contributed by atoms with Crippen molar-refractivity contribution in [3.05, 3.63) is 65.2 Å². The summed E-state index contributed by atoms with van der Waals surface area (Å²) in [5, 5.41) is 0. The number of methoxy groups -OCH3 is 2. The van der Waals surface area contributed by atoms with Gasteiger partial charge in [-0.2, -0.15) is 0 Å². The Kier molecular flexibility index (Phi) is 3.51. The molecule has 4 nitrogen and oxygen atoms in total. The van der Waals surface area contributed by atoms with Crippen LogP contribution in [-0.2, 0) is 0 Å². The predicted molar refractivity (Wildman–Crippen MR) is 82.6 cm³/mol. The maximum atomic E-state index is 12.7. The van der Waals surface area contributed by atoms with Gasteiger partial charge in [0.15, 0.2) is 11.6 Å². The molecule has 0 heterocycles. The van der Waals surface area contributed by atoms with Crippen molar-refractivity contribution in [3.8, 4) is 11.5 Å². The van der Waals surface area contributed by atoms with E-state index in [1.807, 2.05) is 0 Å². The van der Waals surface area contributed by atoms with Crippen molar-refractivity contribution in [2.75, 3.05) is 14.2 Å². The number of hydrogen-bond acceptors (Lipinski definition) is 4. The van der Waals surface area contributed by atoms with E-state index >= 15 is 0 Å². The Balaban J connectivity index is 2.14. The minimum atomic E-state index is -0.182. The van der Waals surface area contributed by atoms with Crippen molar-refractivity contribution in [2.45, 2.75) is 0 Å². The molecule has 0 bridgehead atoms. The maximum absolute atomic E-state index is 12.7. The molecule has 0 aromatic heterocycles. The summed E-state index contributed by atoms with van der Waals surface area (Å²) in [6.07, 6.45) is 1.37. The quantitative estimate of drug-likeness (QED) is 0.872. The summed E-state index contributed by atoms with van der Waals surface area (Å²) in [4.78, 5) is 24.9. The number of allylic oxidation sites excluding steroid dienone is 2. The van der Waals surface area contributed by atoms with E-state index in [0.29, 0.717) is 33.8 Å². The molecule has 0 radical (unpaired) electrons.